The number of nitrogens with one attached hydrogen (secondary N) is 1. The predicted octanol–water partition coefficient (Wildman–Crippen LogP) is 2.85. The van der Waals surface area contributed by atoms with E-state index in [1.54, 1.807) is 25.1 Å². The number of halogens is 2. The molecule has 0 atom stereocenters. The number of benzene rings is 1. The van der Waals surface area contributed by atoms with E-state index in [-0.39, 0.29) is 5.91 Å². The van der Waals surface area contributed by atoms with Gasteiger partial charge in [0.1, 0.15) is 12.4 Å². The molecule has 0 aliphatic heterocycles. The van der Waals surface area contributed by atoms with Crippen LogP contribution in [0.25, 0.3) is 0 Å². The van der Waals surface area contributed by atoms with Gasteiger partial charge in [-0.25, -0.2) is 8.78 Å². The van der Waals surface area contributed by atoms with Crippen molar-refractivity contribution in [3.8, 4) is 5.75 Å². The van der Waals surface area contributed by atoms with Gasteiger partial charge in [0.15, 0.2) is 0 Å². The fourth-order valence-electron chi connectivity index (χ4n) is 2.47. The van der Waals surface area contributed by atoms with Crippen molar-refractivity contribution in [1.82, 2.24) is 0 Å². The van der Waals surface area contributed by atoms with Crippen molar-refractivity contribution in [3.05, 3.63) is 23.8 Å². The summed E-state index contributed by atoms with van der Waals surface area (Å²) in [6.45, 7) is 1.09. The number of hydrogen-bond acceptors (Lipinski definition) is 3. The van der Waals surface area contributed by atoms with Crippen LogP contribution in [0.3, 0.4) is 0 Å². The monoisotopic (exact) mass is 298 g/mol. The Morgan fingerprint density at radius 3 is 2.71 bits per heavy atom. The highest BCUT2D eigenvalue weighted by molar-refractivity contribution is 5.98. The smallest absolute Gasteiger partial charge is 0.272 e. The molecule has 1 aromatic rings. The Labute approximate surface area is 122 Å². The topological polar surface area (TPSA) is 64.4 Å². The van der Waals surface area contributed by atoms with Gasteiger partial charge in [0, 0.05) is 11.8 Å². The van der Waals surface area contributed by atoms with Crippen LogP contribution in [0.4, 0.5) is 14.5 Å². The average Bonchev–Trinajstić information content (AvgIpc) is 2.87. The number of ether oxygens (including phenoxy) is 1. The lowest BCUT2D eigenvalue weighted by Gasteiger charge is -2.22. The highest BCUT2D eigenvalue weighted by Gasteiger charge is 2.36. The molecule has 4 nitrogen and oxygen atoms in total. The van der Waals surface area contributed by atoms with E-state index in [0.29, 0.717) is 24.3 Å². The van der Waals surface area contributed by atoms with Crippen molar-refractivity contribution in [2.24, 2.45) is 5.73 Å². The van der Waals surface area contributed by atoms with Gasteiger partial charge in [0.2, 0.25) is 5.91 Å². The Morgan fingerprint density at radius 2 is 2.10 bits per heavy atom. The molecule has 6 heteroatoms. The number of amides is 1. The number of aryl methyl sites for hydroxylation is 1. The van der Waals surface area contributed by atoms with Gasteiger partial charge in [-0.1, -0.05) is 18.9 Å². The molecule has 1 aliphatic carbocycles. The second-order valence-corrected chi connectivity index (χ2v) is 5.50. The van der Waals surface area contributed by atoms with Crippen LogP contribution in [0.1, 0.15) is 31.2 Å². The molecule has 1 fully saturated rings. The number of alkyl halides is 2. The third kappa shape index (κ3) is 3.91. The van der Waals surface area contributed by atoms with E-state index < -0.39 is 18.6 Å². The molecule has 116 valence electrons. The van der Waals surface area contributed by atoms with E-state index in [0.717, 1.165) is 18.4 Å². The van der Waals surface area contributed by atoms with Gasteiger partial charge in [0.05, 0.1) is 5.54 Å². The lowest BCUT2D eigenvalue weighted by atomic mass is 9.98. The van der Waals surface area contributed by atoms with Crippen LogP contribution < -0.4 is 15.8 Å². The number of rotatable bonds is 5. The van der Waals surface area contributed by atoms with E-state index in [9.17, 15) is 13.6 Å². The maximum atomic E-state index is 12.2. The van der Waals surface area contributed by atoms with Crippen molar-refractivity contribution in [3.63, 3.8) is 0 Å². The summed E-state index contributed by atoms with van der Waals surface area (Å²) in [5.41, 5.74) is 6.49. The first-order valence-electron chi connectivity index (χ1n) is 7.03. The van der Waals surface area contributed by atoms with Crippen molar-refractivity contribution >= 4 is 11.6 Å². The zero-order valence-electron chi connectivity index (χ0n) is 12.0. The summed E-state index contributed by atoms with van der Waals surface area (Å²) in [4.78, 5) is 12.2. The molecule has 0 heterocycles. The van der Waals surface area contributed by atoms with Gasteiger partial charge in [-0.3, -0.25) is 4.79 Å². The molecule has 2 rings (SSSR count). The number of hydrogen-bond donors (Lipinski definition) is 2. The third-order valence-corrected chi connectivity index (χ3v) is 3.76. The summed E-state index contributed by atoms with van der Waals surface area (Å²) < 4.78 is 29.5. The number of anilines is 1. The van der Waals surface area contributed by atoms with Crippen molar-refractivity contribution in [1.29, 1.82) is 0 Å². The molecular weight excluding hydrogens is 278 g/mol. The second-order valence-electron chi connectivity index (χ2n) is 5.50. The van der Waals surface area contributed by atoms with E-state index in [2.05, 4.69) is 5.32 Å². The third-order valence-electron chi connectivity index (χ3n) is 3.76. The Bertz CT molecular complexity index is 514. The SMILES string of the molecule is Cc1ccc(NC(=O)C2(N)CCCC2)cc1OCC(F)F. The number of carbonyl (C=O) groups is 1. The molecule has 0 radical (unpaired) electrons. The van der Waals surface area contributed by atoms with Gasteiger partial charge < -0.3 is 15.8 Å². The fourth-order valence-corrected chi connectivity index (χ4v) is 2.47. The van der Waals surface area contributed by atoms with Crippen LogP contribution in [0, 0.1) is 6.92 Å². The summed E-state index contributed by atoms with van der Waals surface area (Å²) >= 11 is 0. The molecule has 21 heavy (non-hydrogen) atoms. The standard InChI is InChI=1S/C15H20F2N2O2/c1-10-4-5-11(8-12(10)21-9-13(16)17)19-14(20)15(18)6-2-3-7-15/h4-5,8,13H,2-3,6-7,9,18H2,1H3,(H,19,20). The van der Waals surface area contributed by atoms with E-state index in [1.807, 2.05) is 0 Å². The van der Waals surface area contributed by atoms with Crippen molar-refractivity contribution in [2.75, 3.05) is 11.9 Å². The molecule has 0 unspecified atom stereocenters. The zero-order chi connectivity index (χ0) is 15.5. The van der Waals surface area contributed by atoms with Gasteiger partial charge in [-0.15, -0.1) is 0 Å². The zero-order valence-corrected chi connectivity index (χ0v) is 12.0. The molecule has 3 N–H and O–H groups in total. The summed E-state index contributed by atoms with van der Waals surface area (Å²) in [5.74, 6) is 0.106. The van der Waals surface area contributed by atoms with E-state index in [1.165, 1.54) is 0 Å². The molecule has 1 aliphatic rings. The Kier molecular flexibility index (Phi) is 4.77. The van der Waals surface area contributed by atoms with Crippen LogP contribution in [-0.4, -0.2) is 24.5 Å². The Balaban J connectivity index is 2.06. The lowest BCUT2D eigenvalue weighted by molar-refractivity contribution is -0.121. The van der Waals surface area contributed by atoms with Crippen LogP contribution in [0.2, 0.25) is 0 Å². The van der Waals surface area contributed by atoms with Gasteiger partial charge in [-0.05, 0) is 31.4 Å². The quantitative estimate of drug-likeness (QED) is 0.878. The van der Waals surface area contributed by atoms with Crippen molar-refractivity contribution < 1.29 is 18.3 Å². The molecule has 0 aromatic heterocycles. The van der Waals surface area contributed by atoms with Gasteiger partial charge >= 0.3 is 0 Å². The highest BCUT2D eigenvalue weighted by atomic mass is 19.3. The van der Waals surface area contributed by atoms with E-state index in [4.69, 9.17) is 10.5 Å². The van der Waals surface area contributed by atoms with Crippen LogP contribution in [0.5, 0.6) is 5.75 Å². The first-order valence-corrected chi connectivity index (χ1v) is 7.03. The largest absolute Gasteiger partial charge is 0.487 e. The summed E-state index contributed by atoms with van der Waals surface area (Å²) in [7, 11) is 0. The van der Waals surface area contributed by atoms with Crippen LogP contribution >= 0.6 is 0 Å². The summed E-state index contributed by atoms with van der Waals surface area (Å²) in [6, 6.07) is 4.98. The predicted molar refractivity (Wildman–Crippen MR) is 76.7 cm³/mol. The minimum absolute atomic E-state index is 0.233. The minimum Gasteiger partial charge on any atom is -0.487 e. The molecule has 1 aromatic carbocycles. The summed E-state index contributed by atoms with van der Waals surface area (Å²) in [6.07, 6.45) is 0.688. The lowest BCUT2D eigenvalue weighted by Crippen LogP contribution is -2.48. The average molecular weight is 298 g/mol. The molecule has 0 saturated heterocycles. The normalized spacial score (nSPS) is 17.0. The van der Waals surface area contributed by atoms with E-state index >= 15 is 0 Å². The van der Waals surface area contributed by atoms with Crippen LogP contribution in [0.15, 0.2) is 18.2 Å². The van der Waals surface area contributed by atoms with Crippen molar-refractivity contribution in [2.45, 2.75) is 44.6 Å². The minimum atomic E-state index is -2.53. The van der Waals surface area contributed by atoms with Crippen LogP contribution in [-0.2, 0) is 4.79 Å². The Morgan fingerprint density at radius 1 is 1.43 bits per heavy atom. The molecule has 1 amide bonds. The highest BCUT2D eigenvalue weighted by Crippen LogP contribution is 2.29. The van der Waals surface area contributed by atoms with Gasteiger partial charge in [-0.2, -0.15) is 0 Å². The molecule has 0 bridgehead atoms. The number of nitrogens with two attached hydrogens (primary N) is 1. The second kappa shape index (κ2) is 6.39. The first kappa shape index (κ1) is 15.7. The Hall–Kier alpha value is -1.69. The first-order chi connectivity index (χ1) is 9.90. The molecular formula is C15H20F2N2O2. The summed E-state index contributed by atoms with van der Waals surface area (Å²) in [5, 5.41) is 2.75. The molecule has 1 saturated carbocycles. The number of carbonyl (C=O) groups excluding carboxylic acids is 1. The maximum absolute atomic E-state index is 12.2. The maximum Gasteiger partial charge on any atom is 0.272 e. The molecule has 0 spiro atoms. The van der Waals surface area contributed by atoms with Gasteiger partial charge in [0.25, 0.3) is 6.43 Å². The fraction of sp³-hybridized carbons (Fsp3) is 0.533.